The average Bonchev–Trinajstić information content (AvgIpc) is 3.74. The molecule has 3 nitrogen and oxygen atoms in total. The summed E-state index contributed by atoms with van der Waals surface area (Å²) in [6, 6.07) is 53.7. The van der Waals surface area contributed by atoms with Gasteiger partial charge in [0.05, 0.1) is 17.3 Å². The third-order valence-corrected chi connectivity index (χ3v) is 10.6. The topological polar surface area (TPSA) is 38.9 Å². The minimum Gasteiger partial charge on any atom is -0.436 e. The van der Waals surface area contributed by atoms with Gasteiger partial charge in [0.25, 0.3) is 0 Å². The number of thiophene rings is 1. The second-order valence-electron chi connectivity index (χ2n) is 12.2. The van der Waals surface area contributed by atoms with Crippen molar-refractivity contribution >= 4 is 64.5 Å². The molecule has 10 aromatic rings. The maximum Gasteiger partial charge on any atom is 0.246 e. The number of furan rings is 1. The van der Waals surface area contributed by atoms with E-state index in [2.05, 4.69) is 140 Å². The first-order valence-electron chi connectivity index (χ1n) is 16.1. The van der Waals surface area contributed by atoms with Crippen molar-refractivity contribution in [1.82, 2.24) is 9.97 Å². The van der Waals surface area contributed by atoms with E-state index in [0.717, 1.165) is 60.8 Å². The van der Waals surface area contributed by atoms with E-state index in [-0.39, 0.29) is 0 Å². The molecule has 0 saturated carbocycles. The lowest BCUT2D eigenvalue weighted by Gasteiger charge is -2.09. The molecule has 0 atom stereocenters. The lowest BCUT2D eigenvalue weighted by atomic mass is 9.96. The second-order valence-corrected chi connectivity index (χ2v) is 13.2. The van der Waals surface area contributed by atoms with Gasteiger partial charge in [-0.15, -0.1) is 11.3 Å². The van der Waals surface area contributed by atoms with Crippen LogP contribution in [0.1, 0.15) is 0 Å². The van der Waals surface area contributed by atoms with Gasteiger partial charge in [-0.05, 0) is 63.0 Å². The minimum atomic E-state index is 0.542. The molecule has 0 N–H and O–H groups in total. The summed E-state index contributed by atoms with van der Waals surface area (Å²) in [6.07, 6.45) is 1.87. The number of hydrogen-bond donors (Lipinski definition) is 0. The van der Waals surface area contributed by atoms with Crippen LogP contribution >= 0.6 is 11.3 Å². The van der Waals surface area contributed by atoms with E-state index in [9.17, 15) is 0 Å². The highest BCUT2D eigenvalue weighted by Gasteiger charge is 2.19. The van der Waals surface area contributed by atoms with Crippen molar-refractivity contribution in [1.29, 1.82) is 0 Å². The number of fused-ring (bicyclic) bond motifs is 8. The molecule has 0 fully saturated rings. The zero-order valence-corrected chi connectivity index (χ0v) is 26.5. The highest BCUT2D eigenvalue weighted by atomic mass is 32.1. The Labute approximate surface area is 280 Å². The Balaban J connectivity index is 1.08. The van der Waals surface area contributed by atoms with Crippen LogP contribution in [0.15, 0.2) is 162 Å². The van der Waals surface area contributed by atoms with Crippen LogP contribution in [0, 0.1) is 0 Å². The lowest BCUT2D eigenvalue weighted by Crippen LogP contribution is -1.88. The molecule has 0 aliphatic rings. The maximum absolute atomic E-state index is 6.55. The molecule has 48 heavy (non-hydrogen) atoms. The average molecular weight is 631 g/mol. The molecule has 0 aliphatic heterocycles. The molecular weight excluding hydrogens is 605 g/mol. The van der Waals surface area contributed by atoms with E-state index in [1.165, 1.54) is 31.3 Å². The Hall–Kier alpha value is -6.10. The van der Waals surface area contributed by atoms with Gasteiger partial charge in [-0.25, -0.2) is 9.97 Å². The van der Waals surface area contributed by atoms with E-state index < -0.39 is 0 Å². The number of aromatic nitrogens is 2. The summed E-state index contributed by atoms with van der Waals surface area (Å²) in [5.74, 6) is 0. The predicted octanol–water partition coefficient (Wildman–Crippen LogP) is 12.6. The SMILES string of the molecule is c1ccc(-c2cc3ccccc3c3oc4nc(-c5cccc(-c6cccc(-c7cccc8c7sc7ccccc78)c6)c5)cnc4c23)cc1. The first kappa shape index (κ1) is 27.1. The van der Waals surface area contributed by atoms with Gasteiger partial charge >= 0.3 is 0 Å². The molecule has 7 aromatic carbocycles. The van der Waals surface area contributed by atoms with Crippen LogP contribution < -0.4 is 0 Å². The number of rotatable bonds is 4. The zero-order chi connectivity index (χ0) is 31.6. The summed E-state index contributed by atoms with van der Waals surface area (Å²) in [4.78, 5) is 10.0. The summed E-state index contributed by atoms with van der Waals surface area (Å²) < 4.78 is 9.19. The van der Waals surface area contributed by atoms with Gasteiger partial charge in [-0.1, -0.05) is 127 Å². The smallest absolute Gasteiger partial charge is 0.246 e. The molecule has 0 bridgehead atoms. The summed E-state index contributed by atoms with van der Waals surface area (Å²) in [7, 11) is 0. The molecule has 0 spiro atoms. The quantitative estimate of drug-likeness (QED) is 0.194. The summed E-state index contributed by atoms with van der Waals surface area (Å²) >= 11 is 1.86. The van der Waals surface area contributed by atoms with E-state index in [0.29, 0.717) is 5.71 Å². The van der Waals surface area contributed by atoms with Crippen molar-refractivity contribution in [2.24, 2.45) is 0 Å². The van der Waals surface area contributed by atoms with Gasteiger partial charge in [-0.2, -0.15) is 0 Å². The summed E-state index contributed by atoms with van der Waals surface area (Å²) in [5.41, 5.74) is 10.9. The van der Waals surface area contributed by atoms with Crippen molar-refractivity contribution in [2.45, 2.75) is 0 Å². The Morgan fingerprint density at radius 2 is 1.17 bits per heavy atom. The molecule has 0 aliphatic carbocycles. The highest BCUT2D eigenvalue weighted by molar-refractivity contribution is 7.26. The van der Waals surface area contributed by atoms with Crippen LogP contribution in [0.5, 0.6) is 0 Å². The van der Waals surface area contributed by atoms with Gasteiger partial charge in [0.2, 0.25) is 5.71 Å². The fourth-order valence-electron chi connectivity index (χ4n) is 7.05. The van der Waals surface area contributed by atoms with Crippen molar-refractivity contribution in [3.8, 4) is 44.6 Å². The van der Waals surface area contributed by atoms with Crippen LogP contribution in [0.4, 0.5) is 0 Å². The summed E-state index contributed by atoms with van der Waals surface area (Å²) in [5, 5.41) is 5.80. The van der Waals surface area contributed by atoms with E-state index in [1.54, 1.807) is 0 Å². The summed E-state index contributed by atoms with van der Waals surface area (Å²) in [6.45, 7) is 0. The van der Waals surface area contributed by atoms with E-state index in [1.807, 2.05) is 29.7 Å². The Bertz CT molecular complexity index is 2850. The maximum atomic E-state index is 6.55. The normalized spacial score (nSPS) is 11.8. The van der Waals surface area contributed by atoms with Crippen molar-refractivity contribution in [2.75, 3.05) is 0 Å². The molecule has 0 radical (unpaired) electrons. The fraction of sp³-hybridized carbons (Fsp3) is 0. The molecule has 0 unspecified atom stereocenters. The van der Waals surface area contributed by atoms with E-state index >= 15 is 0 Å². The Kier molecular flexibility index (Phi) is 6.05. The number of nitrogens with zero attached hydrogens (tertiary/aromatic N) is 2. The molecule has 3 aromatic heterocycles. The van der Waals surface area contributed by atoms with Gasteiger partial charge in [0.15, 0.2) is 0 Å². The van der Waals surface area contributed by atoms with Crippen LogP contribution in [0.3, 0.4) is 0 Å². The molecule has 10 rings (SSSR count). The van der Waals surface area contributed by atoms with Crippen molar-refractivity contribution < 1.29 is 4.42 Å². The largest absolute Gasteiger partial charge is 0.436 e. The molecule has 4 heteroatoms. The Morgan fingerprint density at radius 3 is 2.04 bits per heavy atom. The van der Waals surface area contributed by atoms with Gasteiger partial charge < -0.3 is 4.42 Å². The Morgan fingerprint density at radius 1 is 0.500 bits per heavy atom. The van der Waals surface area contributed by atoms with Crippen molar-refractivity contribution in [3.05, 3.63) is 158 Å². The molecule has 0 amide bonds. The molecule has 0 saturated heterocycles. The van der Waals surface area contributed by atoms with Gasteiger partial charge in [-0.3, -0.25) is 0 Å². The predicted molar refractivity (Wildman–Crippen MR) is 201 cm³/mol. The monoisotopic (exact) mass is 630 g/mol. The third kappa shape index (κ3) is 4.27. The molecule has 224 valence electrons. The van der Waals surface area contributed by atoms with E-state index in [4.69, 9.17) is 14.4 Å². The molecule has 3 heterocycles. The highest BCUT2D eigenvalue weighted by Crippen LogP contribution is 2.42. The zero-order valence-electron chi connectivity index (χ0n) is 25.7. The van der Waals surface area contributed by atoms with Crippen LogP contribution in [0.25, 0.3) is 97.8 Å². The van der Waals surface area contributed by atoms with Crippen molar-refractivity contribution in [3.63, 3.8) is 0 Å². The van der Waals surface area contributed by atoms with Crippen LogP contribution in [-0.2, 0) is 0 Å². The first-order valence-corrected chi connectivity index (χ1v) is 16.9. The molecular formula is C44H26N2OS. The lowest BCUT2D eigenvalue weighted by molar-refractivity contribution is 0.657. The second kappa shape index (κ2) is 10.7. The number of benzene rings is 7. The minimum absolute atomic E-state index is 0.542. The third-order valence-electron chi connectivity index (χ3n) is 9.33. The van der Waals surface area contributed by atoms with Crippen LogP contribution in [-0.4, -0.2) is 9.97 Å². The standard InChI is InChI=1S/C44H26N2OS/c1-2-11-27(12-3-1)37-25-31-13-4-5-18-33(31)42-40(37)41-44(47-42)46-38(26-45-41)32-17-9-15-29(24-32)28-14-8-16-30(23-28)34-20-10-21-36-35-19-6-7-22-39(35)48-43(34)36/h1-26H. The van der Waals surface area contributed by atoms with Gasteiger partial charge in [0, 0.05) is 31.1 Å². The van der Waals surface area contributed by atoms with Crippen LogP contribution in [0.2, 0.25) is 0 Å². The van der Waals surface area contributed by atoms with Gasteiger partial charge in [0.1, 0.15) is 11.1 Å². The number of hydrogen-bond acceptors (Lipinski definition) is 4. The first-order chi connectivity index (χ1) is 23.8. The fourth-order valence-corrected chi connectivity index (χ4v) is 8.29.